The minimum atomic E-state index is -0.376. The summed E-state index contributed by atoms with van der Waals surface area (Å²) < 4.78 is 7.77. The second-order valence-corrected chi connectivity index (χ2v) is 6.22. The zero-order valence-electron chi connectivity index (χ0n) is 13.0. The maximum atomic E-state index is 10.3. The van der Waals surface area contributed by atoms with Crippen molar-refractivity contribution < 1.29 is 9.84 Å². The summed E-state index contributed by atoms with van der Waals surface area (Å²) in [6, 6.07) is 0. The van der Waals surface area contributed by atoms with Crippen LogP contribution in [0.15, 0.2) is 12.4 Å². The van der Waals surface area contributed by atoms with Crippen LogP contribution in [0, 0.1) is 0 Å². The van der Waals surface area contributed by atoms with E-state index in [0.717, 1.165) is 18.9 Å². The second-order valence-electron chi connectivity index (χ2n) is 6.22. The van der Waals surface area contributed by atoms with Crippen LogP contribution >= 0.6 is 0 Å². The molecule has 0 spiro atoms. The number of β-amino-alcohol motifs (C(OH)–C–C–N with tert-alkyl or cyclic N) is 1. The third-order valence-corrected chi connectivity index (χ3v) is 3.64. The molecule has 0 aromatic carbocycles. The molecule has 5 heteroatoms. The van der Waals surface area contributed by atoms with Crippen LogP contribution in [0.25, 0.3) is 0 Å². The highest BCUT2D eigenvalue weighted by Gasteiger charge is 2.24. The first-order chi connectivity index (χ1) is 9.45. The lowest BCUT2D eigenvalue weighted by molar-refractivity contribution is -0.0773. The normalized spacial score (nSPS) is 26.1. The van der Waals surface area contributed by atoms with Crippen LogP contribution in [0.1, 0.15) is 39.4 Å². The van der Waals surface area contributed by atoms with Crippen molar-refractivity contribution in [2.45, 2.75) is 58.5 Å². The third-order valence-electron chi connectivity index (χ3n) is 3.64. The zero-order valence-corrected chi connectivity index (χ0v) is 13.0. The van der Waals surface area contributed by atoms with Gasteiger partial charge in [0, 0.05) is 37.9 Å². The highest BCUT2D eigenvalue weighted by Crippen LogP contribution is 2.14. The van der Waals surface area contributed by atoms with Gasteiger partial charge in [-0.1, -0.05) is 13.8 Å². The first-order valence-corrected chi connectivity index (χ1v) is 7.52. The molecule has 1 N–H and O–H groups in total. The summed E-state index contributed by atoms with van der Waals surface area (Å²) in [5.74, 6) is 1.41. The van der Waals surface area contributed by atoms with Gasteiger partial charge in [-0.05, 0) is 13.8 Å². The largest absolute Gasteiger partial charge is 0.390 e. The predicted octanol–water partition coefficient (Wildman–Crippen LogP) is 1.48. The molecule has 0 aliphatic carbocycles. The first kappa shape index (κ1) is 15.5. The smallest absolute Gasteiger partial charge is 0.111 e. The van der Waals surface area contributed by atoms with Gasteiger partial charge in [-0.3, -0.25) is 4.90 Å². The van der Waals surface area contributed by atoms with Crippen LogP contribution in [0.3, 0.4) is 0 Å². The summed E-state index contributed by atoms with van der Waals surface area (Å²) >= 11 is 0. The number of rotatable bonds is 5. The number of nitrogens with zero attached hydrogens (tertiary/aromatic N) is 3. The summed E-state index contributed by atoms with van der Waals surface area (Å²) in [7, 11) is 0. The molecule has 1 aromatic heterocycles. The van der Waals surface area contributed by atoms with E-state index >= 15 is 0 Å². The highest BCUT2D eigenvalue weighted by molar-refractivity contribution is 4.98. The summed E-state index contributed by atoms with van der Waals surface area (Å²) in [6.45, 7) is 11.5. The van der Waals surface area contributed by atoms with E-state index in [1.54, 1.807) is 6.20 Å². The minimum absolute atomic E-state index is 0.241. The lowest BCUT2D eigenvalue weighted by Crippen LogP contribution is -2.48. The molecule has 2 rings (SSSR count). The quantitative estimate of drug-likeness (QED) is 0.888. The Hall–Kier alpha value is -0.910. The molecule has 1 aliphatic heterocycles. The molecular weight excluding hydrogens is 254 g/mol. The summed E-state index contributed by atoms with van der Waals surface area (Å²) in [4.78, 5) is 6.65. The molecule has 0 bridgehead atoms. The van der Waals surface area contributed by atoms with Crippen LogP contribution in [-0.2, 0) is 11.3 Å². The van der Waals surface area contributed by atoms with E-state index in [-0.39, 0.29) is 18.3 Å². The van der Waals surface area contributed by atoms with Crippen LogP contribution in [0.4, 0.5) is 0 Å². The van der Waals surface area contributed by atoms with Gasteiger partial charge in [-0.2, -0.15) is 0 Å². The van der Waals surface area contributed by atoms with Gasteiger partial charge in [0.05, 0.1) is 24.9 Å². The fourth-order valence-corrected chi connectivity index (χ4v) is 2.99. The van der Waals surface area contributed by atoms with Gasteiger partial charge in [0.2, 0.25) is 0 Å². The average molecular weight is 281 g/mol. The van der Waals surface area contributed by atoms with Gasteiger partial charge in [0.25, 0.3) is 0 Å². The molecule has 2 heterocycles. The Morgan fingerprint density at radius 2 is 1.95 bits per heavy atom. The fraction of sp³-hybridized carbons (Fsp3) is 0.800. The summed E-state index contributed by atoms with van der Waals surface area (Å²) in [5.41, 5.74) is 0. The van der Waals surface area contributed by atoms with Crippen molar-refractivity contribution in [3.63, 3.8) is 0 Å². The van der Waals surface area contributed by atoms with E-state index in [1.807, 2.05) is 6.20 Å². The van der Waals surface area contributed by atoms with Crippen LogP contribution in [0.5, 0.6) is 0 Å². The van der Waals surface area contributed by atoms with Crippen molar-refractivity contribution in [3.8, 4) is 0 Å². The van der Waals surface area contributed by atoms with Gasteiger partial charge >= 0.3 is 0 Å². The molecule has 1 aliphatic rings. The van der Waals surface area contributed by atoms with Crippen LogP contribution in [0.2, 0.25) is 0 Å². The zero-order chi connectivity index (χ0) is 14.7. The van der Waals surface area contributed by atoms with Gasteiger partial charge < -0.3 is 14.4 Å². The van der Waals surface area contributed by atoms with E-state index in [1.165, 1.54) is 0 Å². The van der Waals surface area contributed by atoms with Gasteiger partial charge in [-0.25, -0.2) is 4.98 Å². The topological polar surface area (TPSA) is 50.5 Å². The SMILES string of the molecule is CC(C)c1nccn1C[C@H](O)CN1C[C@@H](C)O[C@H](C)C1. The number of hydrogen-bond donors (Lipinski definition) is 1. The molecule has 0 saturated carbocycles. The molecule has 1 aromatic rings. The maximum absolute atomic E-state index is 10.3. The second kappa shape index (κ2) is 6.70. The molecule has 0 radical (unpaired) electrons. The van der Waals surface area contributed by atoms with Crippen molar-refractivity contribution in [3.05, 3.63) is 18.2 Å². The summed E-state index contributed by atoms with van der Waals surface area (Å²) in [6.07, 6.45) is 3.86. The van der Waals surface area contributed by atoms with Crippen molar-refractivity contribution in [1.29, 1.82) is 0 Å². The molecule has 114 valence electrons. The van der Waals surface area contributed by atoms with E-state index in [2.05, 4.69) is 42.1 Å². The molecule has 0 amide bonds. The van der Waals surface area contributed by atoms with Crippen molar-refractivity contribution in [1.82, 2.24) is 14.5 Å². The molecule has 1 saturated heterocycles. The average Bonchev–Trinajstić information content (AvgIpc) is 2.75. The minimum Gasteiger partial charge on any atom is -0.390 e. The van der Waals surface area contributed by atoms with Gasteiger partial charge in [-0.15, -0.1) is 0 Å². The number of ether oxygens (including phenoxy) is 1. The fourth-order valence-electron chi connectivity index (χ4n) is 2.99. The number of imidazole rings is 1. The van der Waals surface area contributed by atoms with Crippen molar-refractivity contribution in [2.75, 3.05) is 19.6 Å². The first-order valence-electron chi connectivity index (χ1n) is 7.52. The van der Waals surface area contributed by atoms with Crippen LogP contribution < -0.4 is 0 Å². The van der Waals surface area contributed by atoms with E-state index in [4.69, 9.17) is 4.74 Å². The van der Waals surface area contributed by atoms with E-state index in [9.17, 15) is 5.11 Å². The Morgan fingerprint density at radius 1 is 1.30 bits per heavy atom. The number of morpholine rings is 1. The Labute approximate surface area is 121 Å². The number of aliphatic hydroxyl groups excluding tert-OH is 1. The van der Waals surface area contributed by atoms with Gasteiger partial charge in [0.1, 0.15) is 5.82 Å². The third kappa shape index (κ3) is 4.04. The van der Waals surface area contributed by atoms with E-state index < -0.39 is 0 Å². The lowest BCUT2D eigenvalue weighted by atomic mass is 10.2. The van der Waals surface area contributed by atoms with Crippen molar-refractivity contribution >= 4 is 0 Å². The maximum Gasteiger partial charge on any atom is 0.111 e. The Balaban J connectivity index is 1.88. The standard InChI is InChI=1S/C15H27N3O2/c1-11(2)15-16-5-6-18(15)10-14(19)9-17-7-12(3)20-13(4)8-17/h5-6,11-14,19H,7-10H2,1-4H3/t12-,13-,14-/m1/s1. The number of hydrogen-bond acceptors (Lipinski definition) is 4. The highest BCUT2D eigenvalue weighted by atomic mass is 16.5. The Kier molecular flexibility index (Phi) is 5.18. The molecule has 1 fully saturated rings. The number of aromatic nitrogens is 2. The molecule has 5 nitrogen and oxygen atoms in total. The molecule has 20 heavy (non-hydrogen) atoms. The Morgan fingerprint density at radius 3 is 2.55 bits per heavy atom. The number of aliphatic hydroxyl groups is 1. The monoisotopic (exact) mass is 281 g/mol. The lowest BCUT2D eigenvalue weighted by Gasteiger charge is -2.36. The van der Waals surface area contributed by atoms with Crippen LogP contribution in [-0.4, -0.2) is 57.5 Å². The van der Waals surface area contributed by atoms with E-state index in [0.29, 0.717) is 19.0 Å². The predicted molar refractivity (Wildman–Crippen MR) is 78.8 cm³/mol. The van der Waals surface area contributed by atoms with Crippen molar-refractivity contribution in [2.24, 2.45) is 0 Å². The van der Waals surface area contributed by atoms with Gasteiger partial charge in [0.15, 0.2) is 0 Å². The summed E-state index contributed by atoms with van der Waals surface area (Å²) in [5, 5.41) is 10.3. The molecular formula is C15H27N3O2. The molecule has 0 unspecified atom stereocenters. The molecule has 3 atom stereocenters. The Bertz CT molecular complexity index is 409.